The van der Waals surface area contributed by atoms with Gasteiger partial charge in [0.2, 0.25) is 0 Å². The topological polar surface area (TPSA) is 0 Å². The number of fused-ring (bicyclic) bond motifs is 3. The molecule has 0 amide bonds. The van der Waals surface area contributed by atoms with Crippen LogP contribution in [0.25, 0.3) is 11.1 Å². The Balaban J connectivity index is 0.000000194. The summed E-state index contributed by atoms with van der Waals surface area (Å²) in [6.45, 7) is 4.23. The average Bonchev–Trinajstić information content (AvgIpc) is 3.47. The summed E-state index contributed by atoms with van der Waals surface area (Å²) in [5.74, 6) is 0.556. The summed E-state index contributed by atoms with van der Waals surface area (Å²) in [4.78, 5) is 0. The molecule has 3 heteroatoms. The minimum Gasteiger partial charge on any atom is -0.179 e. The van der Waals surface area contributed by atoms with E-state index >= 15 is 0 Å². The van der Waals surface area contributed by atoms with Crippen LogP contribution in [0.5, 0.6) is 0 Å². The molecule has 0 N–H and O–H groups in total. The van der Waals surface area contributed by atoms with Gasteiger partial charge in [-0.25, -0.2) is 11.6 Å². The third-order valence-corrected chi connectivity index (χ3v) is 7.25. The van der Waals surface area contributed by atoms with Crippen LogP contribution in [0.1, 0.15) is 36.1 Å². The Morgan fingerprint density at radius 1 is 0.750 bits per heavy atom. The van der Waals surface area contributed by atoms with Gasteiger partial charge in [-0.1, -0.05) is 48.2 Å². The van der Waals surface area contributed by atoms with Gasteiger partial charge < -0.3 is 0 Å². The first-order chi connectivity index (χ1) is 16.6. The fourth-order valence-electron chi connectivity index (χ4n) is 4.13. The normalized spacial score (nSPS) is 13.8. The fourth-order valence-corrected chi connectivity index (χ4v) is 4.95. The van der Waals surface area contributed by atoms with E-state index in [0.29, 0.717) is 5.92 Å². The average molecular weight is 589 g/mol. The maximum absolute atomic E-state index is 3.30. The van der Waals surface area contributed by atoms with Crippen LogP contribution in [0.4, 0.5) is 0 Å². The van der Waals surface area contributed by atoms with Crippen molar-refractivity contribution in [1.29, 1.82) is 0 Å². The molecule has 0 nitrogen and oxygen atoms in total. The molecule has 4 aromatic rings. The van der Waals surface area contributed by atoms with Gasteiger partial charge in [0.05, 0.1) is 0 Å². The van der Waals surface area contributed by atoms with Gasteiger partial charge in [0.25, 0.3) is 0 Å². The fraction of sp³-hybridized carbons (Fsp3) is 0.121. The molecular weight excluding hydrogens is 558 g/mol. The summed E-state index contributed by atoms with van der Waals surface area (Å²) in [7, 11) is 0. The van der Waals surface area contributed by atoms with Gasteiger partial charge in [0.1, 0.15) is 0 Å². The molecule has 0 aliphatic heterocycles. The molecule has 0 radical (unpaired) electrons. The van der Waals surface area contributed by atoms with Crippen LogP contribution in [0.3, 0.4) is 0 Å². The van der Waals surface area contributed by atoms with Gasteiger partial charge in [-0.15, -0.1) is 37.3 Å². The number of hydrogen-bond acceptors (Lipinski definition) is 0. The molecule has 36 heavy (non-hydrogen) atoms. The first kappa shape index (κ1) is 29.9. The van der Waals surface area contributed by atoms with Crippen LogP contribution in [0, 0.1) is 18.1 Å². The largest absolute Gasteiger partial charge is 0.179 e. The van der Waals surface area contributed by atoms with E-state index in [9.17, 15) is 0 Å². The maximum atomic E-state index is 3.30. The minimum atomic E-state index is 0. The predicted octanol–water partition coefficient (Wildman–Crippen LogP) is 8.65. The van der Waals surface area contributed by atoms with Crippen molar-refractivity contribution >= 4 is 28.0 Å². The number of benzene rings is 4. The third-order valence-electron chi connectivity index (χ3n) is 5.83. The van der Waals surface area contributed by atoms with E-state index in [1.807, 2.05) is 12.1 Å². The quantitative estimate of drug-likeness (QED) is 0.181. The Kier molecular flexibility index (Phi) is 12.5. The molecular formula is C33H30Cl2Zr. The van der Waals surface area contributed by atoms with Crippen molar-refractivity contribution in [2.24, 2.45) is 5.92 Å². The molecule has 4 aromatic carbocycles. The van der Waals surface area contributed by atoms with E-state index < -0.39 is 0 Å². The van der Waals surface area contributed by atoms with Crippen molar-refractivity contribution in [1.82, 2.24) is 0 Å². The van der Waals surface area contributed by atoms with Crippen molar-refractivity contribution < 1.29 is 24.2 Å². The number of hydrogen-bond donors (Lipinski definition) is 0. The summed E-state index contributed by atoms with van der Waals surface area (Å²) >= 11 is 1.46. The van der Waals surface area contributed by atoms with Gasteiger partial charge in [0.15, 0.2) is 0 Å². The Morgan fingerprint density at radius 2 is 1.31 bits per heavy atom. The Labute approximate surface area is 243 Å². The van der Waals surface area contributed by atoms with Gasteiger partial charge in [0, 0.05) is 0 Å². The van der Waals surface area contributed by atoms with E-state index in [4.69, 9.17) is 0 Å². The van der Waals surface area contributed by atoms with Crippen LogP contribution in [0.2, 0.25) is 0 Å². The monoisotopic (exact) mass is 586 g/mol. The molecule has 2 aliphatic carbocycles. The standard InChI is InChI=1S/C13H9.C13H10.C7H9.2ClH.Zr/c1-3-7-12-10(5-1)9-11-6-2-4-8-13(11)12;1-3-7-12(8-4-1)11-13-9-5-2-6-10-13;1-6-3-4-7(2)5-6;;;/h1-5,7-8H,9H2;1-10H;3,5,7H,1-2H3;2*1H;/q-1;;-1;;;+2. The van der Waals surface area contributed by atoms with Gasteiger partial charge in [-0.05, 0) is 6.42 Å². The molecule has 6 rings (SSSR count). The van der Waals surface area contributed by atoms with Crippen molar-refractivity contribution in [3.05, 3.63) is 155 Å². The minimum absolute atomic E-state index is 0. The maximum Gasteiger partial charge on any atom is -0.0253 e. The van der Waals surface area contributed by atoms with E-state index in [2.05, 4.69) is 129 Å². The Bertz CT molecular complexity index is 1220. The van der Waals surface area contributed by atoms with Gasteiger partial charge in [-0.2, -0.15) is 35.9 Å². The molecule has 0 saturated heterocycles. The van der Waals surface area contributed by atoms with Crippen molar-refractivity contribution in [2.75, 3.05) is 0 Å². The molecule has 2 aliphatic rings. The van der Waals surface area contributed by atoms with Crippen LogP contribution < -0.4 is 0 Å². The Morgan fingerprint density at radius 3 is 1.83 bits per heavy atom. The van der Waals surface area contributed by atoms with E-state index in [0.717, 1.165) is 6.42 Å². The molecule has 0 saturated carbocycles. The van der Waals surface area contributed by atoms with Crippen LogP contribution in [-0.2, 0) is 30.7 Å². The van der Waals surface area contributed by atoms with E-state index in [1.165, 1.54) is 66.4 Å². The zero-order chi connectivity index (χ0) is 23.8. The van der Waals surface area contributed by atoms with Crippen LogP contribution in [0.15, 0.2) is 121 Å². The molecule has 0 aromatic heterocycles. The summed E-state index contributed by atoms with van der Waals surface area (Å²) in [6, 6.07) is 39.2. The SMILES string of the molecule is CC1=CC(C)[C-]=C1.Cl.Cl.[Zr+2]=[C](c1ccccc1)c1ccccc1.[c-]1cccc2c1Cc1ccccc1-2. The van der Waals surface area contributed by atoms with Gasteiger partial charge >= 0.3 is 99.2 Å². The molecule has 0 spiro atoms. The molecule has 1 atom stereocenters. The van der Waals surface area contributed by atoms with E-state index in [-0.39, 0.29) is 24.8 Å². The van der Waals surface area contributed by atoms with Gasteiger partial charge in [-0.3, -0.25) is 6.08 Å². The molecule has 180 valence electrons. The van der Waals surface area contributed by atoms with Crippen LogP contribution in [-0.4, -0.2) is 3.21 Å². The molecule has 0 heterocycles. The van der Waals surface area contributed by atoms with Crippen molar-refractivity contribution in [2.45, 2.75) is 20.3 Å². The van der Waals surface area contributed by atoms with E-state index in [1.54, 1.807) is 0 Å². The third kappa shape index (κ3) is 8.11. The zero-order valence-electron chi connectivity index (χ0n) is 20.6. The second-order valence-corrected chi connectivity index (χ2v) is 9.74. The molecule has 1 unspecified atom stereocenters. The van der Waals surface area contributed by atoms with Crippen molar-refractivity contribution in [3.8, 4) is 11.1 Å². The summed E-state index contributed by atoms with van der Waals surface area (Å²) in [5, 5.41) is 0. The number of halogens is 2. The number of rotatable bonds is 2. The molecule has 0 fully saturated rings. The second kappa shape index (κ2) is 15.1. The second-order valence-electron chi connectivity index (χ2n) is 8.51. The first-order valence-corrected chi connectivity index (χ1v) is 12.9. The van der Waals surface area contributed by atoms with Crippen LogP contribution >= 0.6 is 24.8 Å². The summed E-state index contributed by atoms with van der Waals surface area (Å²) in [5.41, 5.74) is 9.51. The number of allylic oxidation sites excluding steroid dienone is 4. The van der Waals surface area contributed by atoms with Crippen molar-refractivity contribution in [3.63, 3.8) is 0 Å². The summed E-state index contributed by atoms with van der Waals surface area (Å²) < 4.78 is 1.42. The summed E-state index contributed by atoms with van der Waals surface area (Å²) in [6.07, 6.45) is 8.43. The predicted molar refractivity (Wildman–Crippen MR) is 155 cm³/mol. The Hall–Kier alpha value is -2.31. The first-order valence-electron chi connectivity index (χ1n) is 11.7. The smallest absolute Gasteiger partial charge is 0.0253 e. The zero-order valence-corrected chi connectivity index (χ0v) is 24.7. The molecule has 0 bridgehead atoms.